The number of carbonyl (C=O) groups is 1. The van der Waals surface area contributed by atoms with Gasteiger partial charge in [0.15, 0.2) is 11.0 Å². The molecule has 4 aromatic rings. The Morgan fingerprint density at radius 2 is 1.89 bits per heavy atom. The van der Waals surface area contributed by atoms with E-state index in [2.05, 4.69) is 76.6 Å². The lowest BCUT2D eigenvalue weighted by atomic mass is 9.97. The number of aromatic nitrogens is 3. The van der Waals surface area contributed by atoms with Crippen molar-refractivity contribution < 1.29 is 4.79 Å². The van der Waals surface area contributed by atoms with Crippen molar-refractivity contribution in [1.82, 2.24) is 14.8 Å². The Morgan fingerprint density at radius 1 is 1.13 bits per heavy atom. The Hall–Kier alpha value is -2.93. The molecule has 0 bridgehead atoms. The number of thiophene rings is 2. The average molecular weight is 562 g/mol. The van der Waals surface area contributed by atoms with Crippen LogP contribution in [0.4, 0.5) is 5.00 Å². The summed E-state index contributed by atoms with van der Waals surface area (Å²) in [6.07, 6.45) is 6.60. The average Bonchev–Trinajstić information content (AvgIpc) is 3.57. The maximum absolute atomic E-state index is 13.0. The lowest BCUT2D eigenvalue weighted by Crippen LogP contribution is -2.14. The largest absolute Gasteiger partial charge is 0.316 e. The summed E-state index contributed by atoms with van der Waals surface area (Å²) >= 11 is 4.67. The van der Waals surface area contributed by atoms with Crippen molar-refractivity contribution in [2.24, 2.45) is 0 Å². The molecule has 5 rings (SSSR count). The van der Waals surface area contributed by atoms with Gasteiger partial charge in [-0.15, -0.1) is 32.9 Å². The molecule has 0 saturated heterocycles. The topological polar surface area (TPSA) is 83.6 Å². The summed E-state index contributed by atoms with van der Waals surface area (Å²) in [6.45, 7) is 7.00. The fourth-order valence-corrected chi connectivity index (χ4v) is 7.92. The van der Waals surface area contributed by atoms with E-state index >= 15 is 0 Å². The summed E-state index contributed by atoms with van der Waals surface area (Å²) in [4.78, 5) is 15.5. The number of nitrogens with one attached hydrogen (secondary N) is 1. The summed E-state index contributed by atoms with van der Waals surface area (Å²) in [5.41, 5.74) is 6.45. The van der Waals surface area contributed by atoms with Gasteiger partial charge in [-0.25, -0.2) is 0 Å². The molecular weight excluding hydrogens is 531 g/mol. The number of nitrogens with zero attached hydrogens (tertiary/aromatic N) is 4. The Kier molecular flexibility index (Phi) is 8.32. The molecular formula is C29H31N5OS3. The fourth-order valence-electron chi connectivity index (χ4n) is 5.00. The molecule has 3 aromatic heterocycles. The smallest absolute Gasteiger partial charge is 0.235 e. The molecule has 9 heteroatoms. The van der Waals surface area contributed by atoms with Gasteiger partial charge in [-0.2, -0.15) is 5.26 Å². The van der Waals surface area contributed by atoms with Crippen LogP contribution in [0.25, 0.3) is 22.5 Å². The number of thioether (sulfide) groups is 1. The summed E-state index contributed by atoms with van der Waals surface area (Å²) in [7, 11) is 0. The number of benzene rings is 1. The maximum atomic E-state index is 13.0. The van der Waals surface area contributed by atoms with Gasteiger partial charge in [0.2, 0.25) is 5.91 Å². The van der Waals surface area contributed by atoms with Gasteiger partial charge in [0.05, 0.1) is 11.3 Å². The highest BCUT2D eigenvalue weighted by Crippen LogP contribution is 2.40. The predicted molar refractivity (Wildman–Crippen MR) is 158 cm³/mol. The quantitative estimate of drug-likeness (QED) is 0.235. The molecule has 1 amide bonds. The highest BCUT2D eigenvalue weighted by atomic mass is 32.2. The standard InChI is InChI=1S/C29H31N5OS3/c1-4-34-27(23-16-36-19(3)26(23)20-13-11-18(2)12-14-20)32-33-29(34)37-17-25(35)31-28-22(15-30)21-9-7-5-6-8-10-24(21)38-28/h11-14,16H,4-10,17H2,1-3H3,(H,31,35). The minimum atomic E-state index is -0.125. The van der Waals surface area contributed by atoms with Gasteiger partial charge >= 0.3 is 0 Å². The second-order valence-corrected chi connectivity index (χ2v) is 12.7. The number of fused-ring (bicyclic) bond motifs is 1. The Morgan fingerprint density at radius 3 is 2.63 bits per heavy atom. The van der Waals surface area contributed by atoms with E-state index in [1.807, 2.05) is 0 Å². The number of nitriles is 1. The first-order valence-corrected chi connectivity index (χ1v) is 15.7. The number of amides is 1. The Labute approximate surface area is 236 Å². The molecule has 1 aliphatic rings. The number of rotatable bonds is 7. The highest BCUT2D eigenvalue weighted by Gasteiger charge is 2.23. The van der Waals surface area contributed by atoms with Crippen LogP contribution in [0.3, 0.4) is 0 Å². The van der Waals surface area contributed by atoms with Crippen LogP contribution in [0.15, 0.2) is 34.8 Å². The van der Waals surface area contributed by atoms with E-state index in [0.29, 0.717) is 17.1 Å². The van der Waals surface area contributed by atoms with Gasteiger partial charge in [-0.1, -0.05) is 54.4 Å². The predicted octanol–water partition coefficient (Wildman–Crippen LogP) is 7.63. The molecule has 196 valence electrons. The van der Waals surface area contributed by atoms with E-state index in [4.69, 9.17) is 0 Å². The van der Waals surface area contributed by atoms with Gasteiger partial charge in [0.1, 0.15) is 11.1 Å². The zero-order chi connectivity index (χ0) is 26.6. The number of hydrogen-bond donors (Lipinski definition) is 1. The lowest BCUT2D eigenvalue weighted by molar-refractivity contribution is -0.113. The second-order valence-electron chi connectivity index (χ2n) is 9.57. The van der Waals surface area contributed by atoms with Crippen LogP contribution in [0.1, 0.15) is 59.1 Å². The SMILES string of the molecule is CCn1c(SCC(=O)Nc2sc3c(c2C#N)CCCCCC3)nnc1-c1csc(C)c1-c1ccc(C)cc1. The molecule has 3 heterocycles. The number of anilines is 1. The second kappa shape index (κ2) is 11.9. The molecule has 0 fully saturated rings. The van der Waals surface area contributed by atoms with Crippen molar-refractivity contribution in [3.8, 4) is 28.6 Å². The first-order chi connectivity index (χ1) is 18.5. The van der Waals surface area contributed by atoms with Crippen LogP contribution in [0.5, 0.6) is 0 Å². The first-order valence-electron chi connectivity index (χ1n) is 13.1. The van der Waals surface area contributed by atoms with E-state index in [1.54, 1.807) is 22.7 Å². The van der Waals surface area contributed by atoms with E-state index in [1.165, 1.54) is 51.0 Å². The van der Waals surface area contributed by atoms with Crippen molar-refractivity contribution in [2.45, 2.75) is 71.0 Å². The molecule has 0 saturated carbocycles. The minimum absolute atomic E-state index is 0.125. The number of hydrogen-bond acceptors (Lipinski definition) is 7. The van der Waals surface area contributed by atoms with E-state index in [-0.39, 0.29) is 11.7 Å². The number of carbonyl (C=O) groups excluding carboxylic acids is 1. The van der Waals surface area contributed by atoms with Crippen LogP contribution in [0, 0.1) is 25.2 Å². The van der Waals surface area contributed by atoms with Crippen molar-refractivity contribution in [2.75, 3.05) is 11.1 Å². The van der Waals surface area contributed by atoms with Crippen LogP contribution in [-0.2, 0) is 24.2 Å². The summed E-state index contributed by atoms with van der Waals surface area (Å²) in [5.74, 6) is 0.902. The van der Waals surface area contributed by atoms with Gasteiger partial charge in [-0.3, -0.25) is 4.79 Å². The van der Waals surface area contributed by atoms with Crippen LogP contribution >= 0.6 is 34.4 Å². The van der Waals surface area contributed by atoms with Gasteiger partial charge < -0.3 is 9.88 Å². The third kappa shape index (κ3) is 5.44. The third-order valence-corrected chi connectivity index (χ3v) is 10.0. The minimum Gasteiger partial charge on any atom is -0.316 e. The fraction of sp³-hybridized carbons (Fsp3) is 0.379. The van der Waals surface area contributed by atoms with Crippen molar-refractivity contribution in [3.05, 3.63) is 56.1 Å². The van der Waals surface area contributed by atoms with E-state index in [0.717, 1.165) is 47.8 Å². The molecule has 6 nitrogen and oxygen atoms in total. The van der Waals surface area contributed by atoms with Gasteiger partial charge in [0.25, 0.3) is 0 Å². The Balaban J connectivity index is 1.33. The molecule has 1 aliphatic carbocycles. The molecule has 0 radical (unpaired) electrons. The number of aryl methyl sites for hydroxylation is 3. The summed E-state index contributed by atoms with van der Waals surface area (Å²) < 4.78 is 2.08. The Bertz CT molecular complexity index is 1490. The van der Waals surface area contributed by atoms with E-state index < -0.39 is 0 Å². The third-order valence-electron chi connectivity index (χ3n) is 6.96. The first kappa shape index (κ1) is 26.7. The molecule has 0 atom stereocenters. The van der Waals surface area contributed by atoms with Crippen LogP contribution in [0.2, 0.25) is 0 Å². The molecule has 0 aliphatic heterocycles. The van der Waals surface area contributed by atoms with Crippen molar-refractivity contribution in [3.63, 3.8) is 0 Å². The maximum Gasteiger partial charge on any atom is 0.235 e. The highest BCUT2D eigenvalue weighted by molar-refractivity contribution is 7.99. The molecule has 38 heavy (non-hydrogen) atoms. The molecule has 0 unspecified atom stereocenters. The monoisotopic (exact) mass is 561 g/mol. The zero-order valence-electron chi connectivity index (χ0n) is 22.0. The molecule has 1 N–H and O–H groups in total. The van der Waals surface area contributed by atoms with Crippen LogP contribution in [-0.4, -0.2) is 26.4 Å². The molecule has 1 aromatic carbocycles. The van der Waals surface area contributed by atoms with E-state index in [9.17, 15) is 10.1 Å². The summed E-state index contributed by atoms with van der Waals surface area (Å²) in [6, 6.07) is 10.9. The van der Waals surface area contributed by atoms with Gasteiger partial charge in [-0.05, 0) is 57.6 Å². The van der Waals surface area contributed by atoms with Crippen molar-refractivity contribution >= 4 is 45.3 Å². The zero-order valence-corrected chi connectivity index (χ0v) is 24.4. The summed E-state index contributed by atoms with van der Waals surface area (Å²) in [5, 5.41) is 25.4. The van der Waals surface area contributed by atoms with Crippen LogP contribution < -0.4 is 5.32 Å². The lowest BCUT2D eigenvalue weighted by Gasteiger charge is -2.10. The normalized spacial score (nSPS) is 13.4. The van der Waals surface area contributed by atoms with Crippen molar-refractivity contribution in [1.29, 1.82) is 5.26 Å². The van der Waals surface area contributed by atoms with Gasteiger partial charge in [0, 0.05) is 32.8 Å². The molecule has 0 spiro atoms.